The predicted octanol–water partition coefficient (Wildman–Crippen LogP) is 4.69. The second-order valence-corrected chi connectivity index (χ2v) is 8.61. The van der Waals surface area contributed by atoms with E-state index in [1.165, 1.54) is 17.0 Å². The molecule has 1 N–H and O–H groups in total. The minimum absolute atomic E-state index is 0.0118. The van der Waals surface area contributed by atoms with Gasteiger partial charge in [0.05, 0.1) is 5.56 Å². The fraction of sp³-hybridized carbons (Fsp3) is 0.417. The Labute approximate surface area is 184 Å². The van der Waals surface area contributed by atoms with Crippen molar-refractivity contribution in [2.24, 2.45) is 0 Å². The third-order valence-electron chi connectivity index (χ3n) is 6.72. The maximum Gasteiger partial charge on any atom is 0.416 e. The Morgan fingerprint density at radius 1 is 0.969 bits per heavy atom. The Kier molecular flexibility index (Phi) is 5.88. The van der Waals surface area contributed by atoms with E-state index in [0.29, 0.717) is 39.0 Å². The van der Waals surface area contributed by atoms with Gasteiger partial charge in [0.25, 0.3) is 0 Å². The first-order valence-corrected chi connectivity index (χ1v) is 10.7. The number of hydrogen-bond donors (Lipinski definition) is 1. The van der Waals surface area contributed by atoms with E-state index in [0.717, 1.165) is 17.2 Å². The molecule has 2 aromatic carbocycles. The third kappa shape index (κ3) is 4.31. The van der Waals surface area contributed by atoms with Crippen LogP contribution in [-0.2, 0) is 29.4 Å². The molecular formula is C24H25F3N2O3. The summed E-state index contributed by atoms with van der Waals surface area (Å²) in [4.78, 5) is 27.5. The van der Waals surface area contributed by atoms with Crippen molar-refractivity contribution in [3.8, 4) is 0 Å². The van der Waals surface area contributed by atoms with Gasteiger partial charge in [-0.05, 0) is 42.0 Å². The van der Waals surface area contributed by atoms with E-state index in [2.05, 4.69) is 0 Å². The molecule has 2 aromatic rings. The van der Waals surface area contributed by atoms with Crippen molar-refractivity contribution in [1.82, 2.24) is 9.80 Å². The van der Waals surface area contributed by atoms with Crippen LogP contribution in [-0.4, -0.2) is 46.5 Å². The van der Waals surface area contributed by atoms with Crippen molar-refractivity contribution in [1.29, 1.82) is 0 Å². The first-order chi connectivity index (χ1) is 15.2. The zero-order valence-electron chi connectivity index (χ0n) is 17.6. The Morgan fingerprint density at radius 2 is 1.62 bits per heavy atom. The van der Waals surface area contributed by atoms with Gasteiger partial charge in [-0.25, -0.2) is 4.79 Å². The number of benzene rings is 2. The molecule has 1 spiro atoms. The monoisotopic (exact) mass is 446 g/mol. The molecule has 0 aliphatic carbocycles. The minimum Gasteiger partial charge on any atom is -0.465 e. The van der Waals surface area contributed by atoms with Gasteiger partial charge < -0.3 is 14.9 Å². The molecule has 0 atom stereocenters. The van der Waals surface area contributed by atoms with E-state index in [-0.39, 0.29) is 29.7 Å². The lowest BCUT2D eigenvalue weighted by Crippen LogP contribution is -2.53. The molecule has 8 heteroatoms. The highest BCUT2D eigenvalue weighted by molar-refractivity contribution is 5.76. The Hall–Kier alpha value is -3.03. The van der Waals surface area contributed by atoms with E-state index in [1.54, 1.807) is 11.0 Å². The van der Waals surface area contributed by atoms with Crippen LogP contribution in [0.3, 0.4) is 0 Å². The molecule has 0 bridgehead atoms. The van der Waals surface area contributed by atoms with Gasteiger partial charge in [-0.2, -0.15) is 13.2 Å². The number of halogens is 3. The van der Waals surface area contributed by atoms with Gasteiger partial charge in [-0.15, -0.1) is 0 Å². The molecule has 0 radical (unpaired) electrons. The number of amides is 2. The SMILES string of the molecule is O=C(O)N1Cc2ccccc2C2(CCN(C(=O)CCc3ccccc3C(F)(F)F)CC2)C1. The summed E-state index contributed by atoms with van der Waals surface area (Å²) < 4.78 is 39.6. The summed E-state index contributed by atoms with van der Waals surface area (Å²) in [6.45, 7) is 1.66. The third-order valence-corrected chi connectivity index (χ3v) is 6.72. The molecule has 2 heterocycles. The molecule has 1 saturated heterocycles. The van der Waals surface area contributed by atoms with Gasteiger partial charge in [0.15, 0.2) is 0 Å². The topological polar surface area (TPSA) is 60.9 Å². The number of carbonyl (C=O) groups is 2. The molecule has 2 amide bonds. The Balaban J connectivity index is 1.43. The van der Waals surface area contributed by atoms with E-state index in [4.69, 9.17) is 0 Å². The standard InChI is InChI=1S/C24H25F3N2O3/c25-24(26,27)20-8-4-1-5-17(20)9-10-21(30)28-13-11-23(12-14-28)16-29(22(31)32)15-18-6-2-3-7-19(18)23/h1-8H,9-16H2,(H,31,32). The van der Waals surface area contributed by atoms with Crippen molar-refractivity contribution in [2.45, 2.75) is 43.8 Å². The highest BCUT2D eigenvalue weighted by Gasteiger charge is 2.43. The molecule has 0 unspecified atom stereocenters. The van der Waals surface area contributed by atoms with E-state index >= 15 is 0 Å². The quantitative estimate of drug-likeness (QED) is 0.744. The molecule has 2 aliphatic rings. The van der Waals surface area contributed by atoms with Gasteiger partial charge in [-0.3, -0.25) is 4.79 Å². The van der Waals surface area contributed by atoms with Crippen molar-refractivity contribution in [3.63, 3.8) is 0 Å². The highest BCUT2D eigenvalue weighted by Crippen LogP contribution is 2.42. The van der Waals surface area contributed by atoms with Crippen molar-refractivity contribution >= 4 is 12.0 Å². The number of hydrogen-bond acceptors (Lipinski definition) is 2. The van der Waals surface area contributed by atoms with Crippen LogP contribution in [0.4, 0.5) is 18.0 Å². The van der Waals surface area contributed by atoms with Gasteiger partial charge in [0.2, 0.25) is 5.91 Å². The molecule has 170 valence electrons. The van der Waals surface area contributed by atoms with Gasteiger partial charge in [-0.1, -0.05) is 42.5 Å². The van der Waals surface area contributed by atoms with Crippen LogP contribution in [0.25, 0.3) is 0 Å². The normalized spacial score (nSPS) is 17.8. The highest BCUT2D eigenvalue weighted by atomic mass is 19.4. The molecule has 0 saturated carbocycles. The summed E-state index contributed by atoms with van der Waals surface area (Å²) in [5, 5.41) is 9.56. The van der Waals surface area contributed by atoms with Gasteiger partial charge in [0, 0.05) is 38.0 Å². The van der Waals surface area contributed by atoms with Gasteiger partial charge in [0.1, 0.15) is 0 Å². The summed E-state index contributed by atoms with van der Waals surface area (Å²) in [6, 6.07) is 13.2. The lowest BCUT2D eigenvalue weighted by molar-refractivity contribution is -0.139. The van der Waals surface area contributed by atoms with E-state index < -0.39 is 17.8 Å². The van der Waals surface area contributed by atoms with Crippen LogP contribution >= 0.6 is 0 Å². The molecule has 4 rings (SSSR count). The second kappa shape index (κ2) is 8.48. The first-order valence-electron chi connectivity index (χ1n) is 10.7. The molecule has 2 aliphatic heterocycles. The second-order valence-electron chi connectivity index (χ2n) is 8.61. The van der Waals surface area contributed by atoms with E-state index in [9.17, 15) is 27.9 Å². The first kappa shape index (κ1) is 22.2. The fourth-order valence-electron chi connectivity index (χ4n) is 5.05. The Bertz CT molecular complexity index is 1010. The lowest BCUT2D eigenvalue weighted by Gasteiger charge is -2.48. The van der Waals surface area contributed by atoms with Crippen LogP contribution in [0.15, 0.2) is 48.5 Å². The summed E-state index contributed by atoms with van der Waals surface area (Å²) in [6.07, 6.45) is -4.11. The molecule has 32 heavy (non-hydrogen) atoms. The number of fused-ring (bicyclic) bond motifs is 2. The number of likely N-dealkylation sites (tertiary alicyclic amines) is 1. The lowest BCUT2D eigenvalue weighted by atomic mass is 9.69. The zero-order valence-corrected chi connectivity index (χ0v) is 17.6. The smallest absolute Gasteiger partial charge is 0.416 e. The summed E-state index contributed by atoms with van der Waals surface area (Å²) in [7, 11) is 0. The van der Waals surface area contributed by atoms with E-state index in [1.807, 2.05) is 24.3 Å². The van der Waals surface area contributed by atoms with Crippen LogP contribution in [0.1, 0.15) is 41.5 Å². The maximum atomic E-state index is 13.2. The van der Waals surface area contributed by atoms with Gasteiger partial charge >= 0.3 is 12.3 Å². The van der Waals surface area contributed by atoms with Crippen LogP contribution in [0.5, 0.6) is 0 Å². The van der Waals surface area contributed by atoms with Crippen LogP contribution in [0.2, 0.25) is 0 Å². The molecule has 5 nitrogen and oxygen atoms in total. The average Bonchev–Trinajstić information content (AvgIpc) is 2.77. The largest absolute Gasteiger partial charge is 0.465 e. The number of alkyl halides is 3. The minimum atomic E-state index is -4.44. The molecule has 1 fully saturated rings. The van der Waals surface area contributed by atoms with Crippen molar-refractivity contribution < 1.29 is 27.9 Å². The number of nitrogens with zero attached hydrogens (tertiary/aromatic N) is 2. The average molecular weight is 446 g/mol. The Morgan fingerprint density at radius 3 is 2.31 bits per heavy atom. The molecular weight excluding hydrogens is 421 g/mol. The number of rotatable bonds is 3. The summed E-state index contributed by atoms with van der Waals surface area (Å²) >= 11 is 0. The number of carbonyl (C=O) groups excluding carboxylic acids is 1. The zero-order chi connectivity index (χ0) is 22.9. The number of carboxylic acid groups (broad SMARTS) is 1. The number of aryl methyl sites for hydroxylation is 1. The van der Waals surface area contributed by atoms with Crippen LogP contribution < -0.4 is 0 Å². The summed E-state index contributed by atoms with van der Waals surface area (Å²) in [5.41, 5.74) is 1.22. The van der Waals surface area contributed by atoms with Crippen LogP contribution in [0, 0.1) is 0 Å². The summed E-state index contributed by atoms with van der Waals surface area (Å²) in [5.74, 6) is -0.170. The predicted molar refractivity (Wildman–Crippen MR) is 112 cm³/mol. The fourth-order valence-corrected chi connectivity index (χ4v) is 5.05. The van der Waals surface area contributed by atoms with Crippen molar-refractivity contribution in [3.05, 3.63) is 70.8 Å². The maximum absolute atomic E-state index is 13.2. The molecule has 0 aromatic heterocycles. The number of piperidine rings is 1. The van der Waals surface area contributed by atoms with Crippen molar-refractivity contribution in [2.75, 3.05) is 19.6 Å².